The predicted molar refractivity (Wildman–Crippen MR) is 293 cm³/mol. The molecule has 0 spiro atoms. The van der Waals surface area contributed by atoms with E-state index in [0.717, 1.165) is 50.1 Å². The van der Waals surface area contributed by atoms with Crippen LogP contribution in [0.4, 0.5) is 17.1 Å². The molecule has 3 heteroatoms. The van der Waals surface area contributed by atoms with Gasteiger partial charge >= 0.3 is 0 Å². The SMILES string of the molecule is CC(C)(C)c1ccc2c(c1)sc1cccc(-c3cccc(N(c4ccc(-c5cccc6oc7ccccc7c56)cc4)c4cccc(-c5ccc6c(c5)C(C)(C)c5cccc(C(C)(C)C)c5-6)c4)c3)c12. The maximum atomic E-state index is 6.31. The van der Waals surface area contributed by atoms with Crippen LogP contribution in [0.15, 0.2) is 192 Å². The van der Waals surface area contributed by atoms with E-state index in [4.69, 9.17) is 4.42 Å². The van der Waals surface area contributed by atoms with Gasteiger partial charge in [0.2, 0.25) is 0 Å². The van der Waals surface area contributed by atoms with Crippen molar-refractivity contribution in [1.82, 2.24) is 0 Å². The molecule has 0 atom stereocenters. The highest BCUT2D eigenvalue weighted by Gasteiger charge is 2.38. The molecule has 12 rings (SSSR count). The number of rotatable bonds is 6. The molecule has 1 aliphatic rings. The van der Waals surface area contributed by atoms with Crippen LogP contribution in [0.5, 0.6) is 0 Å². The van der Waals surface area contributed by atoms with Crippen molar-refractivity contribution in [3.8, 4) is 44.5 Å². The highest BCUT2D eigenvalue weighted by atomic mass is 32.1. The molecule has 0 saturated carbocycles. The Morgan fingerprint density at radius 1 is 0.426 bits per heavy atom. The number of hydrogen-bond donors (Lipinski definition) is 0. The first kappa shape index (κ1) is 42.2. The van der Waals surface area contributed by atoms with E-state index < -0.39 is 0 Å². The molecule has 0 N–H and O–H groups in total. The average molecular weight is 898 g/mol. The fourth-order valence-electron chi connectivity index (χ4n) is 11.0. The number of para-hydroxylation sites is 1. The maximum absolute atomic E-state index is 6.31. The Morgan fingerprint density at radius 3 is 1.84 bits per heavy atom. The summed E-state index contributed by atoms with van der Waals surface area (Å²) >= 11 is 1.89. The second-order valence-electron chi connectivity index (χ2n) is 21.4. The summed E-state index contributed by atoms with van der Waals surface area (Å²) in [5, 5.41) is 4.91. The molecule has 1 aliphatic carbocycles. The molecular formula is C65H55NOS. The van der Waals surface area contributed by atoms with Crippen molar-refractivity contribution in [1.29, 1.82) is 0 Å². The van der Waals surface area contributed by atoms with Gasteiger partial charge in [0.1, 0.15) is 11.2 Å². The van der Waals surface area contributed by atoms with E-state index in [1.807, 2.05) is 17.4 Å². The Labute approximate surface area is 404 Å². The third-order valence-corrected chi connectivity index (χ3v) is 15.7. The number of benzene rings is 9. The normalized spacial score (nSPS) is 13.4. The van der Waals surface area contributed by atoms with E-state index >= 15 is 0 Å². The zero-order chi connectivity index (χ0) is 46.7. The van der Waals surface area contributed by atoms with Crippen LogP contribution >= 0.6 is 11.3 Å². The quantitative estimate of drug-likeness (QED) is 0.165. The van der Waals surface area contributed by atoms with Gasteiger partial charge in [-0.05, 0) is 144 Å². The van der Waals surface area contributed by atoms with Gasteiger partial charge in [0, 0.05) is 53.4 Å². The summed E-state index contributed by atoms with van der Waals surface area (Å²) in [6.45, 7) is 18.7. The molecular weight excluding hydrogens is 843 g/mol. The summed E-state index contributed by atoms with van der Waals surface area (Å²) in [7, 11) is 0. The van der Waals surface area contributed by atoms with Crippen molar-refractivity contribution in [2.75, 3.05) is 4.90 Å². The van der Waals surface area contributed by atoms with E-state index in [1.165, 1.54) is 75.8 Å². The molecule has 0 bridgehead atoms. The molecule has 332 valence electrons. The van der Waals surface area contributed by atoms with E-state index in [9.17, 15) is 0 Å². The molecule has 2 nitrogen and oxygen atoms in total. The number of fused-ring (bicyclic) bond motifs is 9. The Balaban J connectivity index is 0.997. The summed E-state index contributed by atoms with van der Waals surface area (Å²) < 4.78 is 8.96. The van der Waals surface area contributed by atoms with Crippen LogP contribution in [0, 0.1) is 0 Å². The van der Waals surface area contributed by atoms with Crippen LogP contribution in [0.2, 0.25) is 0 Å². The van der Waals surface area contributed by atoms with E-state index in [-0.39, 0.29) is 16.2 Å². The molecule has 9 aromatic carbocycles. The fraction of sp³-hybridized carbons (Fsp3) is 0.169. The molecule has 68 heavy (non-hydrogen) atoms. The van der Waals surface area contributed by atoms with Crippen molar-refractivity contribution >= 4 is 70.5 Å². The number of hydrogen-bond acceptors (Lipinski definition) is 3. The van der Waals surface area contributed by atoms with Crippen LogP contribution < -0.4 is 4.90 Å². The summed E-state index contributed by atoms with van der Waals surface area (Å²) in [5.41, 5.74) is 20.6. The van der Waals surface area contributed by atoms with Gasteiger partial charge < -0.3 is 9.32 Å². The Hall–Kier alpha value is -7.20. The third kappa shape index (κ3) is 6.81. The van der Waals surface area contributed by atoms with Crippen molar-refractivity contribution in [2.45, 2.75) is 71.6 Å². The zero-order valence-corrected chi connectivity index (χ0v) is 41.0. The van der Waals surface area contributed by atoms with E-state index in [1.54, 1.807) is 0 Å². The first-order valence-corrected chi connectivity index (χ1v) is 24.8. The lowest BCUT2D eigenvalue weighted by molar-refractivity contribution is 0.589. The smallest absolute Gasteiger partial charge is 0.136 e. The minimum atomic E-state index is -0.119. The largest absolute Gasteiger partial charge is 0.456 e. The zero-order valence-electron chi connectivity index (χ0n) is 40.2. The Morgan fingerprint density at radius 2 is 1.07 bits per heavy atom. The van der Waals surface area contributed by atoms with Crippen LogP contribution in [0.25, 0.3) is 86.6 Å². The average Bonchev–Trinajstić information content (AvgIpc) is 3.99. The highest BCUT2D eigenvalue weighted by Crippen LogP contribution is 2.53. The Bertz CT molecular complexity index is 3790. The van der Waals surface area contributed by atoms with Gasteiger partial charge in [-0.15, -0.1) is 11.3 Å². The van der Waals surface area contributed by atoms with Crippen molar-refractivity contribution in [2.24, 2.45) is 0 Å². The molecule has 0 amide bonds. The molecule has 11 aromatic rings. The van der Waals surface area contributed by atoms with Crippen LogP contribution in [-0.4, -0.2) is 0 Å². The van der Waals surface area contributed by atoms with Crippen molar-refractivity contribution < 1.29 is 4.42 Å². The van der Waals surface area contributed by atoms with Crippen LogP contribution in [-0.2, 0) is 16.2 Å². The molecule has 0 fully saturated rings. The van der Waals surface area contributed by atoms with E-state index in [0.29, 0.717) is 0 Å². The minimum Gasteiger partial charge on any atom is -0.456 e. The lowest BCUT2D eigenvalue weighted by Crippen LogP contribution is -2.17. The first-order valence-electron chi connectivity index (χ1n) is 24.0. The lowest BCUT2D eigenvalue weighted by Gasteiger charge is -2.27. The van der Waals surface area contributed by atoms with Gasteiger partial charge in [0.25, 0.3) is 0 Å². The van der Waals surface area contributed by atoms with Crippen LogP contribution in [0.3, 0.4) is 0 Å². The fourth-order valence-corrected chi connectivity index (χ4v) is 12.2. The predicted octanol–water partition coefficient (Wildman–Crippen LogP) is 19.3. The molecule has 0 aliphatic heterocycles. The lowest BCUT2D eigenvalue weighted by atomic mass is 9.79. The maximum Gasteiger partial charge on any atom is 0.136 e. The summed E-state index contributed by atoms with van der Waals surface area (Å²) in [6, 6.07) is 70.0. The van der Waals surface area contributed by atoms with E-state index in [2.05, 4.69) is 242 Å². The monoisotopic (exact) mass is 897 g/mol. The number of furan rings is 1. The van der Waals surface area contributed by atoms with Gasteiger partial charge in [-0.25, -0.2) is 0 Å². The van der Waals surface area contributed by atoms with Gasteiger partial charge in [-0.3, -0.25) is 0 Å². The Kier molecular flexibility index (Phi) is 9.56. The number of anilines is 3. The van der Waals surface area contributed by atoms with Crippen molar-refractivity contribution in [3.63, 3.8) is 0 Å². The van der Waals surface area contributed by atoms with Gasteiger partial charge in [-0.1, -0.05) is 177 Å². The first-order chi connectivity index (χ1) is 32.7. The summed E-state index contributed by atoms with van der Waals surface area (Å²) in [6.07, 6.45) is 0. The number of thiophene rings is 1. The molecule has 0 unspecified atom stereocenters. The highest BCUT2D eigenvalue weighted by molar-refractivity contribution is 7.26. The second-order valence-corrected chi connectivity index (χ2v) is 22.4. The second kappa shape index (κ2) is 15.4. The summed E-state index contributed by atoms with van der Waals surface area (Å²) in [4.78, 5) is 2.43. The molecule has 2 heterocycles. The molecule has 0 saturated heterocycles. The molecule has 0 radical (unpaired) electrons. The van der Waals surface area contributed by atoms with Crippen LogP contribution in [0.1, 0.15) is 77.6 Å². The topological polar surface area (TPSA) is 16.4 Å². The minimum absolute atomic E-state index is 0.0378. The number of nitrogens with zero attached hydrogens (tertiary/aromatic N) is 1. The molecule has 2 aromatic heterocycles. The summed E-state index contributed by atoms with van der Waals surface area (Å²) in [5.74, 6) is 0. The van der Waals surface area contributed by atoms with Gasteiger partial charge in [-0.2, -0.15) is 0 Å². The van der Waals surface area contributed by atoms with Gasteiger partial charge in [0.05, 0.1) is 0 Å². The standard InChI is InChI=1S/C65H55NOS/c1-63(2,3)44-31-35-52-59(39-44)68-58-27-14-22-49(61(52)58)43-17-12-19-47(37-43)66(45-32-28-40(29-33-45)48-21-13-26-57-60(48)51-20-9-10-25-56(51)67-57)46-18-11-16-41(36-46)42-30-34-50-55(38-42)65(7,8)54-24-15-23-53(62(50)54)64(4,5)6/h9-39H,1-8H3. The van der Waals surface area contributed by atoms with Crippen molar-refractivity contribution in [3.05, 3.63) is 210 Å². The van der Waals surface area contributed by atoms with Gasteiger partial charge in [0.15, 0.2) is 0 Å². The third-order valence-electron chi connectivity index (χ3n) is 14.6.